The Kier molecular flexibility index (Phi) is 1.39. The second-order valence-corrected chi connectivity index (χ2v) is 2.85. The first-order chi connectivity index (χ1) is 4.86. The topological polar surface area (TPSA) is 24.5 Å². The zero-order chi connectivity index (χ0) is 6.97. The summed E-state index contributed by atoms with van der Waals surface area (Å²) in [6.07, 6.45) is 5.43. The Labute approximate surface area is 60.6 Å². The molecule has 2 heterocycles. The van der Waals surface area contributed by atoms with Gasteiger partial charge in [-0.15, -0.1) is 0 Å². The molecular formula is C7H12N2O. The maximum Gasteiger partial charge on any atom is 0.145 e. The molecule has 0 aromatic carbocycles. The summed E-state index contributed by atoms with van der Waals surface area (Å²) in [5.74, 6) is 0. The van der Waals surface area contributed by atoms with Crippen LogP contribution in [0.15, 0.2) is 12.3 Å². The fraction of sp³-hybridized carbons (Fsp3) is 0.714. The maximum atomic E-state index is 5.45. The first kappa shape index (κ1) is 6.19. The lowest BCUT2D eigenvalue weighted by Gasteiger charge is -2.25. The molecule has 10 heavy (non-hydrogen) atoms. The molecule has 1 saturated heterocycles. The molecule has 0 spiro atoms. The van der Waals surface area contributed by atoms with Crippen molar-refractivity contribution in [2.24, 2.45) is 0 Å². The van der Waals surface area contributed by atoms with E-state index in [1.165, 1.54) is 0 Å². The van der Waals surface area contributed by atoms with Crippen molar-refractivity contribution in [1.82, 2.24) is 10.4 Å². The smallest absolute Gasteiger partial charge is 0.145 e. The van der Waals surface area contributed by atoms with E-state index in [0.717, 1.165) is 13.0 Å². The SMILES string of the molecule is CC1CC2OCC=CN2N1. The third-order valence-corrected chi connectivity index (χ3v) is 1.89. The van der Waals surface area contributed by atoms with E-state index in [1.54, 1.807) is 0 Å². The van der Waals surface area contributed by atoms with Crippen LogP contribution in [0.5, 0.6) is 0 Å². The molecule has 0 aliphatic carbocycles. The fourth-order valence-corrected chi connectivity index (χ4v) is 1.42. The first-order valence-electron chi connectivity index (χ1n) is 3.69. The Hall–Kier alpha value is -0.540. The number of hydrogen-bond acceptors (Lipinski definition) is 3. The molecule has 2 rings (SSSR count). The van der Waals surface area contributed by atoms with Crippen molar-refractivity contribution in [3.8, 4) is 0 Å². The minimum absolute atomic E-state index is 0.278. The van der Waals surface area contributed by atoms with Gasteiger partial charge in [-0.3, -0.25) is 5.01 Å². The van der Waals surface area contributed by atoms with Crippen molar-refractivity contribution in [3.63, 3.8) is 0 Å². The summed E-state index contributed by atoms with van der Waals surface area (Å²) < 4.78 is 5.45. The van der Waals surface area contributed by atoms with Crippen molar-refractivity contribution < 1.29 is 4.74 Å². The van der Waals surface area contributed by atoms with E-state index in [1.807, 2.05) is 11.1 Å². The Morgan fingerprint density at radius 3 is 3.40 bits per heavy atom. The van der Waals surface area contributed by atoms with Crippen LogP contribution in [0.25, 0.3) is 0 Å². The monoisotopic (exact) mass is 140 g/mol. The molecule has 2 atom stereocenters. The highest BCUT2D eigenvalue weighted by molar-refractivity contribution is 4.91. The average Bonchev–Trinajstić information content (AvgIpc) is 2.27. The van der Waals surface area contributed by atoms with Gasteiger partial charge >= 0.3 is 0 Å². The molecule has 2 aliphatic heterocycles. The first-order valence-corrected chi connectivity index (χ1v) is 3.69. The molecule has 0 bridgehead atoms. The largest absolute Gasteiger partial charge is 0.353 e. The fourth-order valence-electron chi connectivity index (χ4n) is 1.42. The van der Waals surface area contributed by atoms with Gasteiger partial charge in [0.2, 0.25) is 0 Å². The number of nitrogens with zero attached hydrogens (tertiary/aromatic N) is 1. The van der Waals surface area contributed by atoms with E-state index in [4.69, 9.17) is 4.74 Å². The van der Waals surface area contributed by atoms with E-state index in [2.05, 4.69) is 18.5 Å². The van der Waals surface area contributed by atoms with Crippen LogP contribution in [-0.4, -0.2) is 23.9 Å². The van der Waals surface area contributed by atoms with Gasteiger partial charge in [-0.1, -0.05) is 0 Å². The highest BCUT2D eigenvalue weighted by atomic mass is 16.5. The number of rotatable bonds is 0. The molecule has 0 aromatic heterocycles. The van der Waals surface area contributed by atoms with Crippen LogP contribution < -0.4 is 5.43 Å². The maximum absolute atomic E-state index is 5.45. The number of hydrogen-bond donors (Lipinski definition) is 1. The molecular weight excluding hydrogens is 128 g/mol. The molecule has 3 nitrogen and oxygen atoms in total. The zero-order valence-corrected chi connectivity index (χ0v) is 6.08. The summed E-state index contributed by atoms with van der Waals surface area (Å²) in [5.41, 5.74) is 3.28. The molecule has 2 unspecified atom stereocenters. The molecule has 0 amide bonds. The molecule has 0 saturated carbocycles. The average molecular weight is 140 g/mol. The number of ether oxygens (including phenoxy) is 1. The van der Waals surface area contributed by atoms with E-state index >= 15 is 0 Å². The number of nitrogens with one attached hydrogen (secondary N) is 1. The van der Waals surface area contributed by atoms with Crippen LogP contribution in [0, 0.1) is 0 Å². The molecule has 56 valence electrons. The van der Waals surface area contributed by atoms with Crippen LogP contribution in [-0.2, 0) is 4.74 Å². The van der Waals surface area contributed by atoms with Gasteiger partial charge in [0.1, 0.15) is 6.23 Å². The molecule has 1 fully saturated rings. The molecule has 2 aliphatic rings. The van der Waals surface area contributed by atoms with E-state index in [0.29, 0.717) is 6.04 Å². The summed E-state index contributed by atoms with van der Waals surface area (Å²) in [5, 5.41) is 2.04. The molecule has 0 aromatic rings. The highest BCUT2D eigenvalue weighted by Crippen LogP contribution is 2.18. The normalized spacial score (nSPS) is 38.3. The van der Waals surface area contributed by atoms with Crippen LogP contribution >= 0.6 is 0 Å². The summed E-state index contributed by atoms with van der Waals surface area (Å²) in [4.78, 5) is 0. The molecule has 1 N–H and O–H groups in total. The molecule has 0 radical (unpaired) electrons. The summed E-state index contributed by atoms with van der Waals surface area (Å²) in [6.45, 7) is 2.92. The lowest BCUT2D eigenvalue weighted by Crippen LogP contribution is -2.37. The second-order valence-electron chi connectivity index (χ2n) is 2.85. The van der Waals surface area contributed by atoms with Gasteiger partial charge in [0.15, 0.2) is 0 Å². The Morgan fingerprint density at radius 1 is 1.70 bits per heavy atom. The van der Waals surface area contributed by atoms with Gasteiger partial charge in [-0.25, -0.2) is 5.43 Å². The quantitative estimate of drug-likeness (QED) is 0.529. The van der Waals surface area contributed by atoms with Gasteiger partial charge in [0.05, 0.1) is 6.61 Å². The third-order valence-electron chi connectivity index (χ3n) is 1.89. The standard InChI is InChI=1S/C7H12N2O/c1-6-5-7-9(8-6)3-2-4-10-7/h2-3,6-8H,4-5H2,1H3. The number of hydrazine groups is 1. The van der Waals surface area contributed by atoms with Crippen molar-refractivity contribution in [1.29, 1.82) is 0 Å². The Balaban J connectivity index is 2.08. The van der Waals surface area contributed by atoms with E-state index in [9.17, 15) is 0 Å². The van der Waals surface area contributed by atoms with Crippen molar-refractivity contribution in [2.45, 2.75) is 25.6 Å². The van der Waals surface area contributed by atoms with Crippen molar-refractivity contribution in [3.05, 3.63) is 12.3 Å². The highest BCUT2D eigenvalue weighted by Gasteiger charge is 2.28. The molecule has 3 heteroatoms. The van der Waals surface area contributed by atoms with Gasteiger partial charge in [0.25, 0.3) is 0 Å². The second kappa shape index (κ2) is 2.25. The van der Waals surface area contributed by atoms with Crippen LogP contribution in [0.3, 0.4) is 0 Å². The Bertz CT molecular complexity index is 158. The van der Waals surface area contributed by atoms with Gasteiger partial charge < -0.3 is 4.74 Å². The summed E-state index contributed by atoms with van der Waals surface area (Å²) in [7, 11) is 0. The minimum atomic E-state index is 0.278. The Morgan fingerprint density at radius 2 is 2.60 bits per heavy atom. The minimum Gasteiger partial charge on any atom is -0.353 e. The lowest BCUT2D eigenvalue weighted by atomic mass is 10.2. The van der Waals surface area contributed by atoms with Crippen LogP contribution in [0.1, 0.15) is 13.3 Å². The number of fused-ring (bicyclic) bond motifs is 1. The van der Waals surface area contributed by atoms with Crippen LogP contribution in [0.4, 0.5) is 0 Å². The summed E-state index contributed by atoms with van der Waals surface area (Å²) in [6, 6.07) is 0.549. The van der Waals surface area contributed by atoms with E-state index in [-0.39, 0.29) is 6.23 Å². The third kappa shape index (κ3) is 0.914. The predicted molar refractivity (Wildman–Crippen MR) is 37.9 cm³/mol. The zero-order valence-electron chi connectivity index (χ0n) is 6.08. The van der Waals surface area contributed by atoms with Crippen molar-refractivity contribution in [2.75, 3.05) is 6.61 Å². The van der Waals surface area contributed by atoms with Crippen molar-refractivity contribution >= 4 is 0 Å². The predicted octanol–water partition coefficient (Wildman–Crippen LogP) is 0.455. The van der Waals surface area contributed by atoms with Gasteiger partial charge in [0, 0.05) is 18.7 Å². The summed E-state index contributed by atoms with van der Waals surface area (Å²) >= 11 is 0. The van der Waals surface area contributed by atoms with Crippen LogP contribution in [0.2, 0.25) is 0 Å². The van der Waals surface area contributed by atoms with E-state index < -0.39 is 0 Å². The van der Waals surface area contributed by atoms with Gasteiger partial charge in [-0.2, -0.15) is 0 Å². The van der Waals surface area contributed by atoms with Gasteiger partial charge in [-0.05, 0) is 13.0 Å². The lowest BCUT2D eigenvalue weighted by molar-refractivity contribution is -0.0269.